The van der Waals surface area contributed by atoms with Crippen LogP contribution in [0.1, 0.15) is 19.4 Å². The molecule has 0 aliphatic carbocycles. The number of benzene rings is 1. The van der Waals surface area contributed by atoms with E-state index < -0.39 is 14.2 Å². The van der Waals surface area contributed by atoms with E-state index in [1.807, 2.05) is 62.4 Å². The van der Waals surface area contributed by atoms with E-state index in [0.717, 1.165) is 11.3 Å². The van der Waals surface area contributed by atoms with E-state index in [9.17, 15) is 0 Å². The van der Waals surface area contributed by atoms with Crippen molar-refractivity contribution in [3.05, 3.63) is 134 Å². The SMILES string of the molecule is CC(C)(OPNc1cccnc1)c1ccccc1OP(Oc1cccnc1)Oc1cccnc1.[U].[c-]1cccnc1. The number of rotatable bonds is 11. The predicted octanol–water partition coefficient (Wildman–Crippen LogP) is 7.39. The first-order valence-electron chi connectivity index (χ1n) is 12.2. The zero-order valence-corrected chi connectivity index (χ0v) is 28.5. The zero-order valence-electron chi connectivity index (χ0n) is 22.4. The van der Waals surface area contributed by atoms with Gasteiger partial charge in [-0.25, -0.2) is 12.1 Å². The maximum Gasteiger partial charge on any atom is 0.530 e. The molecule has 208 valence electrons. The van der Waals surface area contributed by atoms with Gasteiger partial charge >= 0.3 is 8.60 Å². The fourth-order valence-electron chi connectivity index (χ4n) is 3.14. The number of para-hydroxylation sites is 1. The fraction of sp³-hybridized carbons (Fsp3) is 0.103. The molecule has 0 radical (unpaired) electrons. The standard InChI is InChI=1S/C24H24N4O4P2.C5H4N.U/c1-24(2,32-33-28-19-8-5-13-25-16-19)22-11-3-4-12-23(22)31-34(29-20-9-6-14-26-17-20)30-21-10-7-15-27-18-21;1-2-4-6-5-3-1;/h3-18,28,33H,1-2H3;1-2,4-5H;/q;-1;. The second-order valence-corrected chi connectivity index (χ2v) is 10.1. The van der Waals surface area contributed by atoms with Crippen LogP contribution in [0.5, 0.6) is 17.2 Å². The van der Waals surface area contributed by atoms with E-state index in [-0.39, 0.29) is 40.1 Å². The summed E-state index contributed by atoms with van der Waals surface area (Å²) in [4.78, 5) is 16.0. The van der Waals surface area contributed by atoms with Gasteiger partial charge in [-0.3, -0.25) is 15.0 Å². The van der Waals surface area contributed by atoms with Crippen molar-refractivity contribution < 1.29 is 49.2 Å². The first-order chi connectivity index (χ1) is 19.6. The van der Waals surface area contributed by atoms with E-state index in [4.69, 9.17) is 18.1 Å². The number of aromatic nitrogens is 4. The number of nitrogens with one attached hydrogen (secondary N) is 1. The number of hydrogen-bond donors (Lipinski definition) is 1. The van der Waals surface area contributed by atoms with Gasteiger partial charge in [-0.05, 0) is 56.3 Å². The molecule has 0 amide bonds. The normalized spacial score (nSPS) is 10.7. The molecular weight excluding hydrogens is 782 g/mol. The second kappa shape index (κ2) is 17.6. The summed E-state index contributed by atoms with van der Waals surface area (Å²) < 4.78 is 24.5. The van der Waals surface area contributed by atoms with Crippen LogP contribution in [0.2, 0.25) is 0 Å². The van der Waals surface area contributed by atoms with E-state index >= 15 is 0 Å². The molecule has 12 heteroatoms. The van der Waals surface area contributed by atoms with Crippen LogP contribution in [-0.4, -0.2) is 19.9 Å². The Balaban J connectivity index is 0.000000587. The Labute approximate surface area is 266 Å². The summed E-state index contributed by atoms with van der Waals surface area (Å²) in [6.45, 7) is 3.97. The molecule has 0 spiro atoms. The number of hydrogen-bond acceptors (Lipinski definition) is 9. The van der Waals surface area contributed by atoms with Gasteiger partial charge in [0.2, 0.25) is 0 Å². The molecule has 4 aromatic heterocycles. The average molecular weight is 811 g/mol. The number of anilines is 1. The van der Waals surface area contributed by atoms with Crippen molar-refractivity contribution >= 4 is 23.2 Å². The van der Waals surface area contributed by atoms with Gasteiger partial charge in [0.25, 0.3) is 0 Å². The third-order valence-corrected chi connectivity index (χ3v) is 7.08. The minimum Gasteiger partial charge on any atom is -0.408 e. The minimum absolute atomic E-state index is 0. The van der Waals surface area contributed by atoms with E-state index in [2.05, 4.69) is 31.1 Å². The van der Waals surface area contributed by atoms with Crippen LogP contribution in [-0.2, 0) is 10.1 Å². The molecule has 1 unspecified atom stereocenters. The molecule has 0 saturated heterocycles. The average Bonchev–Trinajstić information content (AvgIpc) is 3.00. The maximum absolute atomic E-state index is 6.26. The Morgan fingerprint density at radius 2 is 1.37 bits per heavy atom. The molecular formula is C29H28N5O4P2U-. The van der Waals surface area contributed by atoms with Crippen LogP contribution in [0.3, 0.4) is 0 Å². The zero-order chi connectivity index (χ0) is 27.9. The Morgan fingerprint density at radius 3 is 1.88 bits per heavy atom. The summed E-state index contributed by atoms with van der Waals surface area (Å²) >= 11 is 0. The number of nitrogens with zero attached hydrogens (tertiary/aromatic N) is 4. The summed E-state index contributed by atoms with van der Waals surface area (Å²) in [5.41, 5.74) is 1.08. The molecule has 0 fully saturated rings. The van der Waals surface area contributed by atoms with Crippen molar-refractivity contribution in [2.75, 3.05) is 5.09 Å². The van der Waals surface area contributed by atoms with E-state index in [0.29, 0.717) is 17.2 Å². The molecule has 1 atom stereocenters. The second-order valence-electron chi connectivity index (χ2n) is 8.41. The van der Waals surface area contributed by atoms with Gasteiger partial charge in [-0.2, -0.15) is 6.07 Å². The molecule has 5 rings (SSSR count). The smallest absolute Gasteiger partial charge is 0.408 e. The van der Waals surface area contributed by atoms with Crippen LogP contribution < -0.4 is 18.7 Å². The van der Waals surface area contributed by atoms with Crippen LogP contribution in [0.15, 0.2) is 122 Å². The van der Waals surface area contributed by atoms with Crippen molar-refractivity contribution in [1.82, 2.24) is 19.9 Å². The van der Waals surface area contributed by atoms with Gasteiger partial charge in [0.05, 0.1) is 29.9 Å². The van der Waals surface area contributed by atoms with Crippen LogP contribution in [0, 0.1) is 37.2 Å². The van der Waals surface area contributed by atoms with Crippen LogP contribution in [0.4, 0.5) is 5.69 Å². The van der Waals surface area contributed by atoms with Crippen molar-refractivity contribution in [3.8, 4) is 17.2 Å². The topological polar surface area (TPSA) is 101 Å². The summed E-state index contributed by atoms with van der Waals surface area (Å²) in [6.07, 6.45) is 13.4. The Bertz CT molecular complexity index is 1330. The van der Waals surface area contributed by atoms with Crippen molar-refractivity contribution in [2.24, 2.45) is 0 Å². The maximum atomic E-state index is 6.26. The monoisotopic (exact) mass is 810 g/mol. The summed E-state index contributed by atoms with van der Waals surface area (Å²) in [7, 11) is -1.84. The molecule has 0 aliphatic heterocycles. The molecule has 0 aliphatic rings. The Hall–Kier alpha value is -3.11. The van der Waals surface area contributed by atoms with Crippen molar-refractivity contribution in [2.45, 2.75) is 19.4 Å². The molecule has 0 bridgehead atoms. The molecule has 5 aromatic rings. The first-order valence-corrected chi connectivity index (χ1v) is 14.2. The summed E-state index contributed by atoms with van der Waals surface area (Å²) in [5.74, 6) is 1.66. The quantitative estimate of drug-likeness (QED) is 0.108. The number of pyridine rings is 4. The Morgan fingerprint density at radius 1 is 0.732 bits per heavy atom. The predicted molar refractivity (Wildman–Crippen MR) is 157 cm³/mol. The van der Waals surface area contributed by atoms with Gasteiger partial charge in [0, 0.05) is 55.3 Å². The third-order valence-electron chi connectivity index (χ3n) is 5.01. The molecule has 4 heterocycles. The first kappa shape index (κ1) is 32.4. The van der Waals surface area contributed by atoms with E-state index in [1.165, 1.54) is 0 Å². The molecule has 1 N–H and O–H groups in total. The van der Waals surface area contributed by atoms with Crippen LogP contribution in [0.25, 0.3) is 0 Å². The molecule has 9 nitrogen and oxygen atoms in total. The van der Waals surface area contributed by atoms with Crippen molar-refractivity contribution in [3.63, 3.8) is 0 Å². The summed E-state index contributed by atoms with van der Waals surface area (Å²) in [6, 6.07) is 25.1. The summed E-state index contributed by atoms with van der Waals surface area (Å²) in [5, 5.41) is 3.24. The van der Waals surface area contributed by atoms with Crippen molar-refractivity contribution in [1.29, 1.82) is 0 Å². The minimum atomic E-state index is -1.86. The Kier molecular flexibility index (Phi) is 14.0. The van der Waals surface area contributed by atoms with Crippen LogP contribution >= 0.6 is 17.6 Å². The van der Waals surface area contributed by atoms with Gasteiger partial charge < -0.3 is 28.2 Å². The largest absolute Gasteiger partial charge is 0.530 e. The van der Waals surface area contributed by atoms with Gasteiger partial charge in [0.1, 0.15) is 26.2 Å². The van der Waals surface area contributed by atoms with Gasteiger partial charge in [-0.15, -0.1) is 0 Å². The van der Waals surface area contributed by atoms with Gasteiger partial charge in [0.15, 0.2) is 0 Å². The fourth-order valence-corrected chi connectivity index (χ4v) is 4.81. The van der Waals surface area contributed by atoms with Gasteiger partial charge in [-0.1, -0.05) is 30.6 Å². The molecule has 41 heavy (non-hydrogen) atoms. The third kappa shape index (κ3) is 11.4. The molecule has 0 saturated carbocycles. The van der Waals surface area contributed by atoms with E-state index in [1.54, 1.807) is 73.8 Å². The molecule has 1 aromatic carbocycles.